The van der Waals surface area contributed by atoms with Crippen LogP contribution in [0, 0.1) is 11.7 Å². The van der Waals surface area contributed by atoms with E-state index in [9.17, 15) is 9.18 Å². The molecule has 1 fully saturated rings. The van der Waals surface area contributed by atoms with Crippen LogP contribution < -0.4 is 0 Å². The highest BCUT2D eigenvalue weighted by atomic mass is 19.1. The molecule has 0 aromatic carbocycles. The number of carbonyl (C=O) groups excluding carboxylic acids is 1. The standard InChI is InChI=1S/C14H16FN3O/c1-10-4-6-17(7-5-10)14(19)12-9-18-8-11(15)2-3-13(18)16-12/h2-3,8-10H,4-7H2,1H3. The molecule has 0 aliphatic carbocycles. The summed E-state index contributed by atoms with van der Waals surface area (Å²) in [6.45, 7) is 3.76. The lowest BCUT2D eigenvalue weighted by Crippen LogP contribution is -2.38. The SMILES string of the molecule is CC1CCN(C(=O)c2cn3cc(F)ccc3n2)CC1. The molecule has 0 spiro atoms. The maximum absolute atomic E-state index is 13.1. The number of imidazole rings is 1. The van der Waals surface area contributed by atoms with Crippen LogP contribution in [0.15, 0.2) is 24.5 Å². The lowest BCUT2D eigenvalue weighted by molar-refractivity contribution is 0.0692. The van der Waals surface area contributed by atoms with Crippen LogP contribution in [0.5, 0.6) is 0 Å². The van der Waals surface area contributed by atoms with Gasteiger partial charge >= 0.3 is 0 Å². The van der Waals surface area contributed by atoms with Crippen LogP contribution >= 0.6 is 0 Å². The van der Waals surface area contributed by atoms with Gasteiger partial charge in [-0.15, -0.1) is 0 Å². The van der Waals surface area contributed by atoms with Crippen molar-refractivity contribution in [1.29, 1.82) is 0 Å². The van der Waals surface area contributed by atoms with Gasteiger partial charge in [0.1, 0.15) is 17.2 Å². The lowest BCUT2D eigenvalue weighted by atomic mass is 9.99. The van der Waals surface area contributed by atoms with E-state index in [0.29, 0.717) is 17.3 Å². The molecule has 2 aromatic heterocycles. The molecule has 0 bridgehead atoms. The number of piperidine rings is 1. The van der Waals surface area contributed by atoms with E-state index >= 15 is 0 Å². The van der Waals surface area contributed by atoms with Crippen LogP contribution in [0.4, 0.5) is 4.39 Å². The Labute approximate surface area is 110 Å². The minimum atomic E-state index is -0.337. The van der Waals surface area contributed by atoms with E-state index in [1.54, 1.807) is 16.7 Å². The smallest absolute Gasteiger partial charge is 0.274 e. The molecule has 1 saturated heterocycles. The Bertz CT molecular complexity index is 614. The number of nitrogens with zero attached hydrogens (tertiary/aromatic N) is 3. The first-order valence-corrected chi connectivity index (χ1v) is 6.57. The first-order valence-electron chi connectivity index (χ1n) is 6.57. The molecule has 100 valence electrons. The minimum absolute atomic E-state index is 0.0593. The average Bonchev–Trinajstić information content (AvgIpc) is 2.81. The molecule has 3 rings (SSSR count). The Morgan fingerprint density at radius 1 is 1.32 bits per heavy atom. The molecular formula is C14H16FN3O. The maximum atomic E-state index is 13.1. The number of amides is 1. The van der Waals surface area contributed by atoms with Gasteiger partial charge in [-0.1, -0.05) is 6.92 Å². The second kappa shape index (κ2) is 4.64. The molecule has 4 nitrogen and oxygen atoms in total. The molecule has 19 heavy (non-hydrogen) atoms. The van der Waals surface area contributed by atoms with Crippen LogP contribution in [0.1, 0.15) is 30.3 Å². The van der Waals surface area contributed by atoms with Crippen LogP contribution in [0.25, 0.3) is 5.65 Å². The molecule has 0 atom stereocenters. The summed E-state index contributed by atoms with van der Waals surface area (Å²) in [5.74, 6) is 0.283. The third kappa shape index (κ3) is 2.32. The van der Waals surface area contributed by atoms with Crippen LogP contribution in [-0.2, 0) is 0 Å². The topological polar surface area (TPSA) is 37.6 Å². The lowest BCUT2D eigenvalue weighted by Gasteiger charge is -2.29. The molecule has 3 heterocycles. The summed E-state index contributed by atoms with van der Waals surface area (Å²) in [6, 6.07) is 2.92. The maximum Gasteiger partial charge on any atom is 0.274 e. The zero-order valence-corrected chi connectivity index (χ0v) is 10.8. The van der Waals surface area contributed by atoms with Gasteiger partial charge in [-0.3, -0.25) is 4.79 Å². The average molecular weight is 261 g/mol. The molecule has 0 radical (unpaired) electrons. The summed E-state index contributed by atoms with van der Waals surface area (Å²) in [5.41, 5.74) is 0.982. The normalized spacial score (nSPS) is 17.1. The summed E-state index contributed by atoms with van der Waals surface area (Å²) in [4.78, 5) is 18.4. The van der Waals surface area contributed by atoms with Crippen molar-refractivity contribution in [3.8, 4) is 0 Å². The van der Waals surface area contributed by atoms with Crippen molar-refractivity contribution in [2.45, 2.75) is 19.8 Å². The number of rotatable bonds is 1. The molecular weight excluding hydrogens is 245 g/mol. The summed E-state index contributed by atoms with van der Waals surface area (Å²) >= 11 is 0. The van der Waals surface area contributed by atoms with E-state index in [2.05, 4.69) is 11.9 Å². The number of aromatic nitrogens is 2. The Hall–Kier alpha value is -1.91. The van der Waals surface area contributed by atoms with Crippen molar-refractivity contribution in [2.75, 3.05) is 13.1 Å². The summed E-state index contributed by atoms with van der Waals surface area (Å²) < 4.78 is 14.7. The third-order valence-corrected chi connectivity index (χ3v) is 3.70. The van der Waals surface area contributed by atoms with Crippen molar-refractivity contribution >= 4 is 11.6 Å². The highest BCUT2D eigenvalue weighted by Gasteiger charge is 2.23. The fourth-order valence-electron chi connectivity index (χ4n) is 2.44. The summed E-state index contributed by atoms with van der Waals surface area (Å²) in [7, 11) is 0. The first kappa shape index (κ1) is 12.1. The predicted octanol–water partition coefficient (Wildman–Crippen LogP) is 2.35. The molecule has 2 aromatic rings. The zero-order chi connectivity index (χ0) is 13.4. The molecule has 1 aliphatic rings. The van der Waals surface area contributed by atoms with Crippen molar-refractivity contribution < 1.29 is 9.18 Å². The Morgan fingerprint density at radius 3 is 2.79 bits per heavy atom. The van der Waals surface area contributed by atoms with Gasteiger partial charge in [-0.2, -0.15) is 0 Å². The van der Waals surface area contributed by atoms with E-state index in [1.807, 2.05) is 4.90 Å². The van der Waals surface area contributed by atoms with Crippen LogP contribution in [0.3, 0.4) is 0 Å². The zero-order valence-electron chi connectivity index (χ0n) is 10.8. The predicted molar refractivity (Wildman–Crippen MR) is 69.5 cm³/mol. The first-order chi connectivity index (χ1) is 9.13. The Morgan fingerprint density at radius 2 is 2.05 bits per heavy atom. The largest absolute Gasteiger partial charge is 0.337 e. The number of hydrogen-bond acceptors (Lipinski definition) is 2. The second-order valence-corrected chi connectivity index (χ2v) is 5.21. The van der Waals surface area contributed by atoms with Gasteiger partial charge < -0.3 is 9.30 Å². The molecule has 1 amide bonds. The van der Waals surface area contributed by atoms with Crippen molar-refractivity contribution in [1.82, 2.24) is 14.3 Å². The van der Waals surface area contributed by atoms with Gasteiger partial charge in [-0.25, -0.2) is 9.37 Å². The highest BCUT2D eigenvalue weighted by molar-refractivity contribution is 5.93. The van der Waals surface area contributed by atoms with Crippen molar-refractivity contribution in [3.05, 3.63) is 36.0 Å². The number of pyridine rings is 1. The molecule has 0 unspecified atom stereocenters. The highest BCUT2D eigenvalue weighted by Crippen LogP contribution is 2.18. The number of hydrogen-bond donors (Lipinski definition) is 0. The minimum Gasteiger partial charge on any atom is -0.337 e. The number of fused-ring (bicyclic) bond motifs is 1. The van der Waals surface area contributed by atoms with Gasteiger partial charge in [0.15, 0.2) is 0 Å². The number of halogens is 1. The van der Waals surface area contributed by atoms with Gasteiger partial charge in [-0.05, 0) is 30.9 Å². The summed E-state index contributed by atoms with van der Waals surface area (Å²) in [5, 5.41) is 0. The fraction of sp³-hybridized carbons (Fsp3) is 0.429. The van der Waals surface area contributed by atoms with Crippen LogP contribution in [0.2, 0.25) is 0 Å². The van der Waals surface area contributed by atoms with Gasteiger partial charge in [0, 0.05) is 25.5 Å². The van der Waals surface area contributed by atoms with Crippen molar-refractivity contribution in [2.24, 2.45) is 5.92 Å². The van der Waals surface area contributed by atoms with E-state index in [-0.39, 0.29) is 11.7 Å². The van der Waals surface area contributed by atoms with E-state index in [1.165, 1.54) is 12.3 Å². The number of carbonyl (C=O) groups is 1. The Kier molecular flexibility index (Phi) is 2.97. The third-order valence-electron chi connectivity index (χ3n) is 3.70. The van der Waals surface area contributed by atoms with Gasteiger partial charge in [0.2, 0.25) is 0 Å². The quantitative estimate of drug-likeness (QED) is 0.790. The monoisotopic (exact) mass is 261 g/mol. The van der Waals surface area contributed by atoms with E-state index in [0.717, 1.165) is 25.9 Å². The Balaban J connectivity index is 1.85. The van der Waals surface area contributed by atoms with Crippen LogP contribution in [-0.4, -0.2) is 33.3 Å². The molecule has 5 heteroatoms. The van der Waals surface area contributed by atoms with Gasteiger partial charge in [0.05, 0.1) is 0 Å². The van der Waals surface area contributed by atoms with E-state index in [4.69, 9.17) is 0 Å². The summed E-state index contributed by atoms with van der Waals surface area (Å²) in [6.07, 6.45) is 5.00. The fourth-order valence-corrected chi connectivity index (χ4v) is 2.44. The molecule has 1 aliphatic heterocycles. The van der Waals surface area contributed by atoms with E-state index < -0.39 is 0 Å². The molecule has 0 saturated carbocycles. The second-order valence-electron chi connectivity index (χ2n) is 5.21. The molecule has 0 N–H and O–H groups in total. The number of likely N-dealkylation sites (tertiary alicyclic amines) is 1. The van der Waals surface area contributed by atoms with Gasteiger partial charge in [0.25, 0.3) is 5.91 Å². The van der Waals surface area contributed by atoms with Crippen molar-refractivity contribution in [3.63, 3.8) is 0 Å².